The number of fused-ring (bicyclic) bond motifs is 1. The molecule has 1 aromatic carbocycles. The van der Waals surface area contributed by atoms with Gasteiger partial charge in [0.15, 0.2) is 0 Å². The van der Waals surface area contributed by atoms with Gasteiger partial charge in [-0.2, -0.15) is 0 Å². The molecular weight excluding hydrogens is 393 g/mol. The Morgan fingerprint density at radius 1 is 1.36 bits per heavy atom. The molecule has 0 aliphatic carbocycles. The van der Waals surface area contributed by atoms with Crippen molar-refractivity contribution in [2.45, 2.75) is 46.3 Å². The summed E-state index contributed by atoms with van der Waals surface area (Å²) < 4.78 is 6.48. The van der Waals surface area contributed by atoms with E-state index in [0.29, 0.717) is 0 Å². The lowest BCUT2D eigenvalue weighted by Gasteiger charge is -2.24. The number of rotatable bonds is 3. The second-order valence-corrected chi connectivity index (χ2v) is 7.90. The molecule has 2 N–H and O–H groups in total. The second kappa shape index (κ2) is 6.44. The molecule has 0 radical (unpaired) electrons. The third-order valence-corrected chi connectivity index (χ3v) is 3.77. The van der Waals surface area contributed by atoms with Crippen LogP contribution in [0.5, 0.6) is 0 Å². The average Bonchev–Trinajstić information content (AvgIpc) is 2.75. The summed E-state index contributed by atoms with van der Waals surface area (Å²) in [6, 6.07) is 5.80. The van der Waals surface area contributed by atoms with Crippen molar-refractivity contribution in [2.75, 3.05) is 0 Å². The highest BCUT2D eigenvalue weighted by Gasteiger charge is 2.25. The zero-order valence-corrected chi connectivity index (χ0v) is 15.7. The van der Waals surface area contributed by atoms with E-state index in [2.05, 4.69) is 37.9 Å². The minimum atomic E-state index is -0.518. The van der Waals surface area contributed by atoms with Crippen molar-refractivity contribution in [1.29, 1.82) is 0 Å². The number of H-pyrrole nitrogens is 1. The van der Waals surface area contributed by atoms with E-state index in [9.17, 15) is 4.79 Å². The number of hydrogen-bond acceptors (Lipinski definition) is 3. The Labute approximate surface area is 144 Å². The molecule has 22 heavy (non-hydrogen) atoms. The standard InChI is InChI=1S/C16H22IN3O2/c1-9(2)13(20-15(21)22-16(3,4)5)14-18-11-7-6-10(17)8-12(11)19-14/h6-9,13H,1-5H3,(H,18,19)(H,20,21)/t13-/m0/s1. The smallest absolute Gasteiger partial charge is 0.408 e. The number of nitrogens with zero attached hydrogens (tertiary/aromatic N) is 1. The Balaban J connectivity index is 2.24. The molecule has 0 bridgehead atoms. The third kappa shape index (κ3) is 4.34. The van der Waals surface area contributed by atoms with Crippen LogP contribution >= 0.6 is 22.6 Å². The van der Waals surface area contributed by atoms with Gasteiger partial charge in [-0.15, -0.1) is 0 Å². The number of carbonyl (C=O) groups excluding carboxylic acids is 1. The number of imidazole rings is 1. The summed E-state index contributed by atoms with van der Waals surface area (Å²) in [4.78, 5) is 19.9. The van der Waals surface area contributed by atoms with Gasteiger partial charge in [-0.3, -0.25) is 0 Å². The van der Waals surface area contributed by atoms with Crippen LogP contribution < -0.4 is 5.32 Å². The molecule has 0 saturated heterocycles. The van der Waals surface area contributed by atoms with E-state index < -0.39 is 11.7 Å². The zero-order chi connectivity index (χ0) is 16.5. The molecule has 1 aromatic heterocycles. The van der Waals surface area contributed by atoms with Crippen LogP contribution in [0.1, 0.15) is 46.5 Å². The highest BCUT2D eigenvalue weighted by molar-refractivity contribution is 14.1. The van der Waals surface area contributed by atoms with Crippen molar-refractivity contribution in [2.24, 2.45) is 5.92 Å². The summed E-state index contributed by atoms with van der Waals surface area (Å²) in [6.07, 6.45) is -0.429. The molecule has 0 saturated carbocycles. The summed E-state index contributed by atoms with van der Waals surface area (Å²) in [5.74, 6) is 0.935. The number of halogens is 1. The largest absolute Gasteiger partial charge is 0.444 e. The van der Waals surface area contributed by atoms with Gasteiger partial charge < -0.3 is 15.0 Å². The fourth-order valence-corrected chi connectivity index (χ4v) is 2.63. The normalized spacial score (nSPS) is 13.4. The first kappa shape index (κ1) is 17.1. The highest BCUT2D eigenvalue weighted by atomic mass is 127. The second-order valence-electron chi connectivity index (χ2n) is 6.65. The lowest BCUT2D eigenvalue weighted by molar-refractivity contribution is 0.0487. The average molecular weight is 415 g/mol. The summed E-state index contributed by atoms with van der Waals surface area (Å²) in [6.45, 7) is 9.62. The number of benzene rings is 1. The number of alkyl carbamates (subject to hydrolysis) is 1. The Morgan fingerprint density at radius 3 is 2.64 bits per heavy atom. The van der Waals surface area contributed by atoms with Crippen LogP contribution in [0.15, 0.2) is 18.2 Å². The van der Waals surface area contributed by atoms with Gasteiger partial charge >= 0.3 is 6.09 Å². The van der Waals surface area contributed by atoms with E-state index in [1.54, 1.807) is 0 Å². The van der Waals surface area contributed by atoms with Crippen molar-refractivity contribution in [3.05, 3.63) is 27.6 Å². The molecule has 0 aliphatic heterocycles. The van der Waals surface area contributed by atoms with E-state index in [0.717, 1.165) is 20.4 Å². The van der Waals surface area contributed by atoms with E-state index in [4.69, 9.17) is 4.74 Å². The van der Waals surface area contributed by atoms with Crippen LogP contribution in [0.3, 0.4) is 0 Å². The molecular formula is C16H22IN3O2. The summed E-state index contributed by atoms with van der Waals surface area (Å²) in [5, 5.41) is 2.91. The van der Waals surface area contributed by atoms with Gasteiger partial charge in [0.05, 0.1) is 17.1 Å². The molecule has 120 valence electrons. The van der Waals surface area contributed by atoms with Crippen molar-refractivity contribution in [1.82, 2.24) is 15.3 Å². The molecule has 5 nitrogen and oxygen atoms in total. The summed E-state index contributed by atoms with van der Waals surface area (Å²) >= 11 is 2.26. The topological polar surface area (TPSA) is 67.0 Å². The maximum Gasteiger partial charge on any atom is 0.408 e. The van der Waals surface area contributed by atoms with Crippen LogP contribution in [-0.2, 0) is 4.74 Å². The number of amides is 1. The van der Waals surface area contributed by atoms with Crippen LogP contribution in [0, 0.1) is 9.49 Å². The maximum absolute atomic E-state index is 12.0. The van der Waals surface area contributed by atoms with E-state index in [1.807, 2.05) is 52.8 Å². The van der Waals surface area contributed by atoms with Gasteiger partial charge in [0, 0.05) is 3.57 Å². The predicted molar refractivity (Wildman–Crippen MR) is 95.8 cm³/mol. The number of aromatic nitrogens is 2. The molecule has 1 amide bonds. The van der Waals surface area contributed by atoms with Gasteiger partial charge in [-0.1, -0.05) is 13.8 Å². The number of carbonyl (C=O) groups is 1. The number of ether oxygens (including phenoxy) is 1. The Kier molecular flexibility index (Phi) is 4.99. The van der Waals surface area contributed by atoms with Crippen LogP contribution in [-0.4, -0.2) is 21.7 Å². The maximum atomic E-state index is 12.0. The molecule has 0 spiro atoms. The van der Waals surface area contributed by atoms with Crippen molar-refractivity contribution < 1.29 is 9.53 Å². The first-order chi connectivity index (χ1) is 10.2. The summed E-state index contributed by atoms with van der Waals surface area (Å²) in [7, 11) is 0. The molecule has 1 atom stereocenters. The molecule has 0 aliphatic rings. The van der Waals surface area contributed by atoms with Crippen molar-refractivity contribution in [3.8, 4) is 0 Å². The molecule has 1 heterocycles. The Morgan fingerprint density at radius 2 is 2.05 bits per heavy atom. The Hall–Kier alpha value is -1.31. The van der Waals surface area contributed by atoms with E-state index >= 15 is 0 Å². The minimum absolute atomic E-state index is 0.187. The minimum Gasteiger partial charge on any atom is -0.444 e. The molecule has 6 heteroatoms. The van der Waals surface area contributed by atoms with Gasteiger partial charge in [0.25, 0.3) is 0 Å². The summed E-state index contributed by atoms with van der Waals surface area (Å²) in [5.41, 5.74) is 1.35. The SMILES string of the molecule is CC(C)[C@H](NC(=O)OC(C)(C)C)c1nc2ccc(I)cc2[nH]1. The van der Waals surface area contributed by atoms with Crippen molar-refractivity contribution in [3.63, 3.8) is 0 Å². The zero-order valence-electron chi connectivity index (χ0n) is 13.5. The first-order valence-electron chi connectivity index (χ1n) is 7.30. The number of hydrogen-bond donors (Lipinski definition) is 2. The van der Waals surface area contributed by atoms with Crippen molar-refractivity contribution >= 4 is 39.7 Å². The number of nitrogens with one attached hydrogen (secondary N) is 2. The fraction of sp³-hybridized carbons (Fsp3) is 0.500. The molecule has 0 unspecified atom stereocenters. The monoisotopic (exact) mass is 415 g/mol. The fourth-order valence-electron chi connectivity index (χ4n) is 2.13. The lowest BCUT2D eigenvalue weighted by Crippen LogP contribution is -2.37. The van der Waals surface area contributed by atoms with Gasteiger partial charge in [0.1, 0.15) is 11.4 Å². The van der Waals surface area contributed by atoms with Crippen LogP contribution in [0.4, 0.5) is 4.79 Å². The molecule has 2 aromatic rings. The Bertz CT molecular complexity index is 674. The molecule has 0 fully saturated rings. The predicted octanol–water partition coefficient (Wildman–Crippen LogP) is 4.39. The first-order valence-corrected chi connectivity index (χ1v) is 8.38. The molecule has 2 rings (SSSR count). The number of aromatic amines is 1. The van der Waals surface area contributed by atoms with Gasteiger partial charge in [0.2, 0.25) is 0 Å². The van der Waals surface area contributed by atoms with Gasteiger partial charge in [-0.25, -0.2) is 9.78 Å². The van der Waals surface area contributed by atoms with E-state index in [-0.39, 0.29) is 12.0 Å². The quantitative estimate of drug-likeness (QED) is 0.731. The van der Waals surface area contributed by atoms with E-state index in [1.165, 1.54) is 0 Å². The highest BCUT2D eigenvalue weighted by Crippen LogP contribution is 2.23. The van der Waals surface area contributed by atoms with Crippen LogP contribution in [0.25, 0.3) is 11.0 Å². The van der Waals surface area contributed by atoms with Gasteiger partial charge in [-0.05, 0) is 67.5 Å². The third-order valence-electron chi connectivity index (χ3n) is 3.10. The van der Waals surface area contributed by atoms with Crippen LogP contribution in [0.2, 0.25) is 0 Å². The lowest BCUT2D eigenvalue weighted by atomic mass is 10.0.